The molecule has 1 amide bonds. The molecule has 2 aromatic carbocycles. The fraction of sp³-hybridized carbons (Fsp3) is 0.280. The van der Waals surface area contributed by atoms with Gasteiger partial charge < -0.3 is 27.1 Å². The van der Waals surface area contributed by atoms with Crippen molar-refractivity contribution in [3.8, 4) is 0 Å². The highest BCUT2D eigenvalue weighted by atomic mass is 16.2. The van der Waals surface area contributed by atoms with Crippen LogP contribution in [-0.2, 0) is 17.8 Å². The van der Waals surface area contributed by atoms with Crippen molar-refractivity contribution < 1.29 is 4.79 Å². The summed E-state index contributed by atoms with van der Waals surface area (Å²) >= 11 is 0. The molecule has 33 heavy (non-hydrogen) atoms. The van der Waals surface area contributed by atoms with Crippen LogP contribution in [0.25, 0.3) is 16.6 Å². The van der Waals surface area contributed by atoms with E-state index in [9.17, 15) is 4.79 Å². The highest BCUT2D eigenvalue weighted by Crippen LogP contribution is 2.32. The number of carbonyl (C=O) groups excluding carboxylic acids is 1. The van der Waals surface area contributed by atoms with Crippen molar-refractivity contribution in [2.45, 2.75) is 39.3 Å². The van der Waals surface area contributed by atoms with Crippen molar-refractivity contribution in [3.05, 3.63) is 65.0 Å². The average molecular weight is 444 g/mol. The van der Waals surface area contributed by atoms with Crippen molar-refractivity contribution >= 4 is 40.2 Å². The number of aryl methyl sites for hydroxylation is 1. The van der Waals surface area contributed by atoms with Gasteiger partial charge in [-0.15, -0.1) is 0 Å². The minimum atomic E-state index is -0.953. The molecular formula is C25H29N7O. The molecule has 0 saturated carbocycles. The molecule has 0 saturated heterocycles. The molecular weight excluding hydrogens is 414 g/mol. The normalized spacial score (nSPS) is 14.2. The van der Waals surface area contributed by atoms with Crippen LogP contribution < -0.4 is 21.7 Å². The third-order valence-electron chi connectivity index (χ3n) is 5.87. The molecule has 3 aromatic rings. The topological polar surface area (TPSA) is 134 Å². The predicted octanol–water partition coefficient (Wildman–Crippen LogP) is 3.13. The summed E-state index contributed by atoms with van der Waals surface area (Å²) in [5.74, 6) is 0.617. The zero-order valence-electron chi connectivity index (χ0n) is 19.1. The van der Waals surface area contributed by atoms with Crippen LogP contribution in [-0.4, -0.2) is 34.2 Å². The molecule has 8 nitrogen and oxygen atoms in total. The number of carbonyl (C=O) groups is 1. The van der Waals surface area contributed by atoms with Gasteiger partial charge in [-0.2, -0.15) is 0 Å². The van der Waals surface area contributed by atoms with Crippen molar-refractivity contribution in [2.24, 2.45) is 11.5 Å². The summed E-state index contributed by atoms with van der Waals surface area (Å²) in [5.41, 5.74) is 17.5. The fourth-order valence-electron chi connectivity index (χ4n) is 4.04. The number of benzene rings is 2. The molecule has 8 heteroatoms. The molecule has 6 N–H and O–H groups in total. The number of hydrogen-bond donors (Lipinski definition) is 4. The van der Waals surface area contributed by atoms with Gasteiger partial charge in [0, 0.05) is 36.1 Å². The van der Waals surface area contributed by atoms with E-state index >= 15 is 0 Å². The zero-order chi connectivity index (χ0) is 23.8. The summed E-state index contributed by atoms with van der Waals surface area (Å²) in [6, 6.07) is 9.97. The smallest absolute Gasteiger partial charge is 0.243 e. The van der Waals surface area contributed by atoms with Crippen LogP contribution in [0.15, 0.2) is 42.7 Å². The van der Waals surface area contributed by atoms with Crippen LogP contribution in [0.5, 0.6) is 0 Å². The highest BCUT2D eigenvalue weighted by molar-refractivity contribution is 5.97. The Bertz CT molecular complexity index is 1270. The third-order valence-corrected chi connectivity index (χ3v) is 5.87. The highest BCUT2D eigenvalue weighted by Gasteiger charge is 2.24. The van der Waals surface area contributed by atoms with Crippen molar-refractivity contribution in [2.75, 3.05) is 16.8 Å². The second-order valence-corrected chi connectivity index (χ2v) is 9.01. The number of fused-ring (bicyclic) bond motifs is 2. The van der Waals surface area contributed by atoms with E-state index in [1.54, 1.807) is 26.3 Å². The number of anilines is 2. The molecule has 170 valence electrons. The van der Waals surface area contributed by atoms with Crippen molar-refractivity contribution in [3.63, 3.8) is 0 Å². The van der Waals surface area contributed by atoms with Crippen LogP contribution in [0.1, 0.15) is 36.1 Å². The monoisotopic (exact) mass is 443 g/mol. The van der Waals surface area contributed by atoms with Crippen molar-refractivity contribution in [1.82, 2.24) is 9.97 Å². The first-order valence-corrected chi connectivity index (χ1v) is 10.9. The Hall–Kier alpha value is -3.78. The van der Waals surface area contributed by atoms with Gasteiger partial charge in [0.15, 0.2) is 0 Å². The first-order valence-electron chi connectivity index (χ1n) is 10.9. The van der Waals surface area contributed by atoms with Gasteiger partial charge in [0.2, 0.25) is 5.91 Å². The summed E-state index contributed by atoms with van der Waals surface area (Å²) in [5, 5.41) is 11.1. The van der Waals surface area contributed by atoms with Gasteiger partial charge in [-0.3, -0.25) is 4.79 Å². The van der Waals surface area contributed by atoms with Gasteiger partial charge in [0.05, 0.1) is 11.1 Å². The van der Waals surface area contributed by atoms with Crippen molar-refractivity contribution in [1.29, 1.82) is 5.41 Å². The summed E-state index contributed by atoms with van der Waals surface area (Å²) in [4.78, 5) is 23.6. The Balaban J connectivity index is 1.70. The van der Waals surface area contributed by atoms with E-state index < -0.39 is 5.54 Å². The quantitative estimate of drug-likeness (QED) is 0.448. The van der Waals surface area contributed by atoms with Gasteiger partial charge in [-0.05, 0) is 79.8 Å². The Kier molecular flexibility index (Phi) is 5.86. The predicted molar refractivity (Wildman–Crippen MR) is 133 cm³/mol. The van der Waals surface area contributed by atoms with E-state index in [0.717, 1.165) is 52.1 Å². The molecule has 0 fully saturated rings. The van der Waals surface area contributed by atoms with Gasteiger partial charge in [0.25, 0.3) is 0 Å². The van der Waals surface area contributed by atoms with E-state index in [1.807, 2.05) is 31.2 Å². The summed E-state index contributed by atoms with van der Waals surface area (Å²) in [6.07, 6.45) is 5.21. The Labute approximate surface area is 193 Å². The molecule has 2 heterocycles. The lowest BCUT2D eigenvalue weighted by Crippen LogP contribution is -2.45. The number of hydrogen-bond acceptors (Lipinski definition) is 7. The lowest BCUT2D eigenvalue weighted by atomic mass is 9.97. The second-order valence-electron chi connectivity index (χ2n) is 9.01. The Morgan fingerprint density at radius 2 is 2.00 bits per heavy atom. The summed E-state index contributed by atoms with van der Waals surface area (Å²) < 4.78 is 0. The minimum Gasteiger partial charge on any atom is -0.398 e. The first-order chi connectivity index (χ1) is 15.7. The maximum Gasteiger partial charge on any atom is 0.243 e. The number of rotatable bonds is 5. The Morgan fingerprint density at radius 3 is 2.73 bits per heavy atom. The van der Waals surface area contributed by atoms with Crippen LogP contribution in [0.3, 0.4) is 0 Å². The Morgan fingerprint density at radius 1 is 1.21 bits per heavy atom. The number of aromatic nitrogens is 2. The summed E-state index contributed by atoms with van der Waals surface area (Å²) in [7, 11) is 0. The van der Waals surface area contributed by atoms with Crippen LogP contribution in [0, 0.1) is 12.3 Å². The summed E-state index contributed by atoms with van der Waals surface area (Å²) in [6.45, 7) is 6.84. The molecule has 0 atom stereocenters. The van der Waals surface area contributed by atoms with Gasteiger partial charge in [-0.25, -0.2) is 9.97 Å². The van der Waals surface area contributed by atoms with Gasteiger partial charge >= 0.3 is 0 Å². The zero-order valence-corrected chi connectivity index (χ0v) is 19.1. The van der Waals surface area contributed by atoms with Crippen LogP contribution in [0.2, 0.25) is 0 Å². The molecule has 4 rings (SSSR count). The number of nitrogens with zero attached hydrogens (tertiary/aromatic N) is 3. The van der Waals surface area contributed by atoms with Gasteiger partial charge in [-0.1, -0.05) is 6.07 Å². The maximum atomic E-state index is 12.3. The van der Waals surface area contributed by atoms with E-state index in [2.05, 4.69) is 26.3 Å². The maximum absolute atomic E-state index is 12.3. The fourth-order valence-corrected chi connectivity index (χ4v) is 4.04. The molecule has 1 aliphatic rings. The standard InChI is InChI=1S/C25H29N7O/c1-15-10-17(21(27)6-8-26)12-20-22(15)29-14-30-23(20)32-9-7-16-4-5-19(11-18(16)13-32)31-24(33)25(2,3)28/h4-6,8,10-12,14,26H,7,9,13,27-28H2,1-3H3,(H,31,33). The van der Waals surface area contributed by atoms with E-state index in [0.29, 0.717) is 12.2 Å². The van der Waals surface area contributed by atoms with E-state index in [4.69, 9.17) is 16.9 Å². The number of nitrogens with two attached hydrogens (primary N) is 2. The van der Waals surface area contributed by atoms with Crippen LogP contribution in [0.4, 0.5) is 11.5 Å². The first kappa shape index (κ1) is 22.4. The van der Waals surface area contributed by atoms with E-state index in [-0.39, 0.29) is 5.91 Å². The molecule has 0 aliphatic carbocycles. The third kappa shape index (κ3) is 4.56. The molecule has 0 unspecified atom stereocenters. The largest absolute Gasteiger partial charge is 0.398 e. The lowest BCUT2D eigenvalue weighted by molar-refractivity contribution is -0.120. The van der Waals surface area contributed by atoms with Gasteiger partial charge in [0.1, 0.15) is 12.1 Å². The molecule has 0 bridgehead atoms. The number of amides is 1. The average Bonchev–Trinajstić information content (AvgIpc) is 2.77. The SMILES string of the molecule is Cc1cc(C(N)=CC=N)cc2c(N3CCc4ccc(NC(=O)C(C)(C)N)cc4C3)ncnc12. The molecule has 0 radical (unpaired) electrons. The second kappa shape index (κ2) is 8.63. The molecule has 0 spiro atoms. The number of nitrogens with one attached hydrogen (secondary N) is 2. The number of allylic oxidation sites excluding steroid dienone is 1. The lowest BCUT2D eigenvalue weighted by Gasteiger charge is -2.31. The molecule has 1 aliphatic heterocycles. The molecule has 1 aromatic heterocycles. The van der Waals surface area contributed by atoms with E-state index in [1.165, 1.54) is 11.8 Å². The van der Waals surface area contributed by atoms with Crippen LogP contribution >= 0.6 is 0 Å². The minimum absolute atomic E-state index is 0.226.